The van der Waals surface area contributed by atoms with E-state index in [0.29, 0.717) is 11.4 Å². The molecule has 0 bridgehead atoms. The molecule has 26 heavy (non-hydrogen) atoms. The third-order valence-electron chi connectivity index (χ3n) is 4.13. The summed E-state index contributed by atoms with van der Waals surface area (Å²) in [4.78, 5) is 21.0. The number of carbonyl (C=O) groups is 1. The Morgan fingerprint density at radius 1 is 1.08 bits per heavy atom. The Labute approximate surface area is 164 Å². The van der Waals surface area contributed by atoms with E-state index in [1.165, 1.54) is 0 Å². The van der Waals surface area contributed by atoms with Crippen LogP contribution in [0.3, 0.4) is 0 Å². The predicted molar refractivity (Wildman–Crippen MR) is 108 cm³/mol. The second-order valence-corrected chi connectivity index (χ2v) is 6.26. The van der Waals surface area contributed by atoms with E-state index in [-0.39, 0.29) is 23.8 Å². The van der Waals surface area contributed by atoms with Crippen LogP contribution in [0.2, 0.25) is 5.02 Å². The minimum atomic E-state index is 0. The molecule has 1 aromatic carbocycles. The number of piperazine rings is 1. The maximum atomic E-state index is 12.0. The molecule has 3 rings (SSSR count). The number of benzene rings is 1. The normalized spacial score (nSPS) is 14.1. The van der Waals surface area contributed by atoms with Crippen LogP contribution in [-0.4, -0.2) is 54.0 Å². The molecule has 0 atom stereocenters. The first kappa shape index (κ1) is 22.2. The Bertz CT molecular complexity index is 663. The average molecular weight is 399 g/mol. The molecule has 1 aromatic heterocycles. The Hall–Kier alpha value is -1.86. The SMILES string of the molecule is Cl.O.O=C(CCN1CCN(c2ccccn2)CC1)Nc1ccc(Cl)cc1. The fourth-order valence-electron chi connectivity index (χ4n) is 2.76. The van der Waals surface area contributed by atoms with Gasteiger partial charge in [-0.3, -0.25) is 9.69 Å². The van der Waals surface area contributed by atoms with E-state index in [0.717, 1.165) is 44.2 Å². The highest BCUT2D eigenvalue weighted by Crippen LogP contribution is 2.14. The molecule has 0 radical (unpaired) electrons. The first-order valence-corrected chi connectivity index (χ1v) is 8.52. The lowest BCUT2D eigenvalue weighted by molar-refractivity contribution is -0.116. The van der Waals surface area contributed by atoms with Gasteiger partial charge >= 0.3 is 0 Å². The van der Waals surface area contributed by atoms with E-state index in [2.05, 4.69) is 20.1 Å². The highest BCUT2D eigenvalue weighted by atomic mass is 35.5. The summed E-state index contributed by atoms with van der Waals surface area (Å²) in [7, 11) is 0. The Balaban J connectivity index is 0.00000169. The second kappa shape index (κ2) is 11.0. The highest BCUT2D eigenvalue weighted by Gasteiger charge is 2.18. The number of halogens is 2. The van der Waals surface area contributed by atoms with Gasteiger partial charge in [-0.05, 0) is 36.4 Å². The van der Waals surface area contributed by atoms with Crippen LogP contribution in [0.15, 0.2) is 48.7 Å². The van der Waals surface area contributed by atoms with Crippen molar-refractivity contribution < 1.29 is 10.3 Å². The Morgan fingerprint density at radius 3 is 2.38 bits per heavy atom. The van der Waals surface area contributed by atoms with Gasteiger partial charge in [-0.15, -0.1) is 12.4 Å². The van der Waals surface area contributed by atoms with Crippen molar-refractivity contribution in [3.63, 3.8) is 0 Å². The summed E-state index contributed by atoms with van der Waals surface area (Å²) in [5, 5.41) is 3.56. The number of hydrogen-bond donors (Lipinski definition) is 1. The zero-order valence-electron chi connectivity index (χ0n) is 14.4. The molecule has 0 aliphatic carbocycles. The summed E-state index contributed by atoms with van der Waals surface area (Å²) in [6, 6.07) is 13.1. The third-order valence-corrected chi connectivity index (χ3v) is 4.38. The number of rotatable bonds is 5. The molecule has 142 valence electrons. The molecule has 6 nitrogen and oxygen atoms in total. The molecule has 0 spiro atoms. The molecule has 1 amide bonds. The molecule has 0 unspecified atom stereocenters. The minimum Gasteiger partial charge on any atom is -0.412 e. The smallest absolute Gasteiger partial charge is 0.225 e. The molecular weight excluding hydrogens is 375 g/mol. The van der Waals surface area contributed by atoms with Crippen molar-refractivity contribution in [3.8, 4) is 0 Å². The zero-order valence-corrected chi connectivity index (χ0v) is 16.0. The van der Waals surface area contributed by atoms with E-state index >= 15 is 0 Å². The fourth-order valence-corrected chi connectivity index (χ4v) is 2.88. The number of anilines is 2. The predicted octanol–water partition coefficient (Wildman–Crippen LogP) is 2.48. The van der Waals surface area contributed by atoms with Gasteiger partial charge < -0.3 is 15.7 Å². The Kier molecular flexibility index (Phi) is 9.37. The van der Waals surface area contributed by atoms with Gasteiger partial charge in [0.1, 0.15) is 5.82 Å². The summed E-state index contributed by atoms with van der Waals surface area (Å²) < 4.78 is 0. The van der Waals surface area contributed by atoms with Gasteiger partial charge in [-0.1, -0.05) is 17.7 Å². The van der Waals surface area contributed by atoms with Crippen LogP contribution < -0.4 is 10.2 Å². The van der Waals surface area contributed by atoms with Gasteiger partial charge in [0.05, 0.1) is 0 Å². The maximum absolute atomic E-state index is 12.0. The van der Waals surface area contributed by atoms with Crippen molar-refractivity contribution in [3.05, 3.63) is 53.7 Å². The van der Waals surface area contributed by atoms with Crippen LogP contribution in [0.5, 0.6) is 0 Å². The number of hydrogen-bond acceptors (Lipinski definition) is 4. The van der Waals surface area contributed by atoms with Crippen LogP contribution in [0.1, 0.15) is 6.42 Å². The van der Waals surface area contributed by atoms with Crippen molar-refractivity contribution in [1.82, 2.24) is 9.88 Å². The molecular formula is C18H24Cl2N4O2. The van der Waals surface area contributed by atoms with Crippen molar-refractivity contribution in [1.29, 1.82) is 0 Å². The molecule has 1 saturated heterocycles. The second-order valence-electron chi connectivity index (χ2n) is 5.82. The standard InChI is InChI=1S/C18H21ClN4O.ClH.H2O/c19-15-4-6-16(7-5-15)21-18(24)8-10-22-11-13-23(14-12-22)17-3-1-2-9-20-17;;/h1-7,9H,8,10-14H2,(H,21,24);1H;1H2. The molecule has 0 saturated carbocycles. The molecule has 2 aromatic rings. The van der Waals surface area contributed by atoms with E-state index in [9.17, 15) is 4.79 Å². The highest BCUT2D eigenvalue weighted by molar-refractivity contribution is 6.30. The number of pyridine rings is 1. The van der Waals surface area contributed by atoms with E-state index in [4.69, 9.17) is 11.6 Å². The lowest BCUT2D eigenvalue weighted by Gasteiger charge is -2.35. The van der Waals surface area contributed by atoms with Crippen LogP contribution >= 0.6 is 24.0 Å². The Morgan fingerprint density at radius 2 is 1.77 bits per heavy atom. The topological polar surface area (TPSA) is 80.0 Å². The van der Waals surface area contributed by atoms with E-state index < -0.39 is 0 Å². The van der Waals surface area contributed by atoms with E-state index in [1.807, 2.05) is 36.5 Å². The van der Waals surface area contributed by atoms with Gasteiger partial charge in [0.15, 0.2) is 0 Å². The third kappa shape index (κ3) is 6.46. The summed E-state index contributed by atoms with van der Waals surface area (Å²) in [6.45, 7) is 4.55. The van der Waals surface area contributed by atoms with E-state index in [1.54, 1.807) is 12.1 Å². The zero-order chi connectivity index (χ0) is 16.8. The first-order chi connectivity index (χ1) is 11.7. The van der Waals surface area contributed by atoms with Crippen LogP contribution in [0.25, 0.3) is 0 Å². The summed E-state index contributed by atoms with van der Waals surface area (Å²) in [5.41, 5.74) is 0.782. The molecule has 3 N–H and O–H groups in total. The van der Waals surface area contributed by atoms with Crippen LogP contribution in [0.4, 0.5) is 11.5 Å². The number of nitrogens with one attached hydrogen (secondary N) is 1. The molecule has 2 heterocycles. The molecule has 8 heteroatoms. The lowest BCUT2D eigenvalue weighted by Crippen LogP contribution is -2.47. The molecule has 1 aliphatic rings. The van der Waals surface area contributed by atoms with Crippen molar-refractivity contribution in [2.24, 2.45) is 0 Å². The number of carbonyl (C=O) groups excluding carboxylic acids is 1. The fraction of sp³-hybridized carbons (Fsp3) is 0.333. The minimum absolute atomic E-state index is 0. The summed E-state index contributed by atoms with van der Waals surface area (Å²) >= 11 is 5.84. The lowest BCUT2D eigenvalue weighted by atomic mass is 10.2. The first-order valence-electron chi connectivity index (χ1n) is 8.14. The van der Waals surface area contributed by atoms with Crippen molar-refractivity contribution >= 4 is 41.4 Å². The van der Waals surface area contributed by atoms with Crippen molar-refractivity contribution in [2.75, 3.05) is 42.9 Å². The van der Waals surface area contributed by atoms with Gasteiger partial charge in [-0.25, -0.2) is 4.98 Å². The van der Waals surface area contributed by atoms with Gasteiger partial charge in [0.25, 0.3) is 0 Å². The van der Waals surface area contributed by atoms with Crippen LogP contribution in [0, 0.1) is 0 Å². The maximum Gasteiger partial charge on any atom is 0.225 e. The van der Waals surface area contributed by atoms with Gasteiger partial charge in [0, 0.05) is 56.1 Å². The monoisotopic (exact) mass is 398 g/mol. The number of nitrogens with zero attached hydrogens (tertiary/aromatic N) is 3. The average Bonchev–Trinajstić information content (AvgIpc) is 2.63. The quantitative estimate of drug-likeness (QED) is 0.838. The largest absolute Gasteiger partial charge is 0.412 e. The number of amides is 1. The van der Waals surface area contributed by atoms with Gasteiger partial charge in [-0.2, -0.15) is 0 Å². The van der Waals surface area contributed by atoms with Gasteiger partial charge in [0.2, 0.25) is 5.91 Å². The van der Waals surface area contributed by atoms with Crippen LogP contribution in [-0.2, 0) is 4.79 Å². The number of aromatic nitrogens is 1. The molecule has 1 aliphatic heterocycles. The van der Waals surface area contributed by atoms with Crippen molar-refractivity contribution in [2.45, 2.75) is 6.42 Å². The summed E-state index contributed by atoms with van der Waals surface area (Å²) in [5.74, 6) is 1.06. The summed E-state index contributed by atoms with van der Waals surface area (Å²) in [6.07, 6.45) is 2.31. The molecule has 1 fully saturated rings.